The maximum atomic E-state index is 12.0. The summed E-state index contributed by atoms with van der Waals surface area (Å²) in [6.07, 6.45) is 0.247. The van der Waals surface area contributed by atoms with Gasteiger partial charge in [0.15, 0.2) is 5.82 Å². The Morgan fingerprint density at radius 2 is 2.31 bits per heavy atom. The molecule has 2 N–H and O–H groups in total. The van der Waals surface area contributed by atoms with Crippen molar-refractivity contribution in [2.75, 3.05) is 24.2 Å². The summed E-state index contributed by atoms with van der Waals surface area (Å²) in [7, 11) is 1.50. The van der Waals surface area contributed by atoms with Crippen molar-refractivity contribution in [2.45, 2.75) is 6.43 Å². The van der Waals surface area contributed by atoms with E-state index < -0.39 is 6.43 Å². The van der Waals surface area contributed by atoms with Gasteiger partial charge in [-0.25, -0.2) is 18.7 Å². The third-order valence-corrected chi connectivity index (χ3v) is 1.49. The molecule has 0 fully saturated rings. The van der Waals surface area contributed by atoms with Crippen LogP contribution in [0.25, 0.3) is 0 Å². The van der Waals surface area contributed by atoms with Gasteiger partial charge >= 0.3 is 0 Å². The van der Waals surface area contributed by atoms with E-state index in [9.17, 15) is 8.78 Å². The lowest BCUT2D eigenvalue weighted by atomic mass is 10.4. The van der Waals surface area contributed by atoms with Gasteiger partial charge in [0, 0.05) is 7.05 Å². The van der Waals surface area contributed by atoms with Crippen LogP contribution in [0, 0.1) is 0 Å². The van der Waals surface area contributed by atoms with Crippen LogP contribution < -0.4 is 10.6 Å². The summed E-state index contributed by atoms with van der Waals surface area (Å²) < 4.78 is 24.0. The molecule has 0 aromatic carbocycles. The molecule has 1 rings (SSSR count). The second kappa shape index (κ2) is 3.97. The fourth-order valence-corrected chi connectivity index (χ4v) is 0.946. The first-order valence-electron chi connectivity index (χ1n) is 3.66. The number of rotatable bonds is 3. The fourth-order valence-electron chi connectivity index (χ4n) is 0.946. The topological polar surface area (TPSA) is 55.0 Å². The van der Waals surface area contributed by atoms with Gasteiger partial charge in [-0.3, -0.25) is 0 Å². The Bertz CT molecular complexity index is 279. The summed E-state index contributed by atoms with van der Waals surface area (Å²) in [6, 6.07) is 0. The highest BCUT2D eigenvalue weighted by Crippen LogP contribution is 2.16. The highest BCUT2D eigenvalue weighted by Gasteiger charge is 2.11. The molecule has 0 amide bonds. The van der Waals surface area contributed by atoms with Gasteiger partial charge in [-0.15, -0.1) is 0 Å². The summed E-state index contributed by atoms with van der Waals surface area (Å²) >= 11 is 0. The van der Waals surface area contributed by atoms with E-state index in [1.54, 1.807) is 0 Å². The first kappa shape index (κ1) is 9.63. The van der Waals surface area contributed by atoms with Crippen molar-refractivity contribution in [1.82, 2.24) is 9.97 Å². The van der Waals surface area contributed by atoms with E-state index in [1.807, 2.05) is 0 Å². The summed E-state index contributed by atoms with van der Waals surface area (Å²) in [5.74, 6) is 0.329. The molecular weight excluding hydrogens is 178 g/mol. The van der Waals surface area contributed by atoms with Crippen molar-refractivity contribution in [3.63, 3.8) is 0 Å². The normalized spacial score (nSPS) is 10.5. The Kier molecular flexibility index (Phi) is 2.94. The minimum atomic E-state index is -2.40. The summed E-state index contributed by atoms with van der Waals surface area (Å²) in [5.41, 5.74) is 5.78. The summed E-state index contributed by atoms with van der Waals surface area (Å²) in [5, 5.41) is 0. The molecule has 0 spiro atoms. The number of nitrogen functional groups attached to an aromatic ring is 1. The van der Waals surface area contributed by atoms with E-state index in [0.717, 1.165) is 0 Å². The molecule has 0 atom stereocenters. The molecule has 1 heterocycles. The molecule has 0 aliphatic rings. The molecule has 0 saturated heterocycles. The fraction of sp³-hybridized carbons (Fsp3) is 0.429. The maximum absolute atomic E-state index is 12.0. The summed E-state index contributed by atoms with van der Waals surface area (Å²) in [6.45, 7) is -0.388. The monoisotopic (exact) mass is 188 g/mol. The van der Waals surface area contributed by atoms with Crippen LogP contribution in [0.2, 0.25) is 0 Å². The Morgan fingerprint density at radius 1 is 1.62 bits per heavy atom. The molecule has 0 aliphatic heterocycles. The average molecular weight is 188 g/mol. The minimum Gasteiger partial charge on any atom is -0.394 e. The molecule has 0 aliphatic carbocycles. The van der Waals surface area contributed by atoms with E-state index in [2.05, 4.69) is 9.97 Å². The van der Waals surface area contributed by atoms with Crippen molar-refractivity contribution >= 4 is 11.5 Å². The van der Waals surface area contributed by atoms with Gasteiger partial charge in [-0.2, -0.15) is 0 Å². The highest BCUT2D eigenvalue weighted by molar-refractivity contribution is 5.60. The zero-order valence-corrected chi connectivity index (χ0v) is 7.11. The van der Waals surface area contributed by atoms with Crippen LogP contribution in [-0.4, -0.2) is 30.0 Å². The van der Waals surface area contributed by atoms with Crippen LogP contribution in [0.1, 0.15) is 0 Å². The largest absolute Gasteiger partial charge is 0.394 e. The van der Waals surface area contributed by atoms with E-state index in [4.69, 9.17) is 5.73 Å². The van der Waals surface area contributed by atoms with Crippen molar-refractivity contribution in [2.24, 2.45) is 0 Å². The second-order valence-corrected chi connectivity index (χ2v) is 2.57. The van der Waals surface area contributed by atoms with Gasteiger partial charge in [-0.05, 0) is 0 Å². The predicted octanol–water partition coefficient (Wildman–Crippen LogP) is 0.760. The number of anilines is 2. The first-order chi connectivity index (χ1) is 6.11. The number of nitrogens with two attached hydrogens (primary N) is 1. The third-order valence-electron chi connectivity index (χ3n) is 1.49. The zero-order chi connectivity index (χ0) is 9.84. The Morgan fingerprint density at radius 3 is 2.85 bits per heavy atom. The molecule has 72 valence electrons. The average Bonchev–Trinajstić information content (AvgIpc) is 2.03. The Labute approximate surface area is 74.4 Å². The van der Waals surface area contributed by atoms with Crippen LogP contribution in [0.15, 0.2) is 12.5 Å². The lowest BCUT2D eigenvalue weighted by molar-refractivity contribution is 0.156. The van der Waals surface area contributed by atoms with Gasteiger partial charge in [0.1, 0.15) is 6.33 Å². The second-order valence-electron chi connectivity index (χ2n) is 2.57. The van der Waals surface area contributed by atoms with Gasteiger partial charge in [0.25, 0.3) is 6.43 Å². The zero-order valence-electron chi connectivity index (χ0n) is 7.11. The Balaban J connectivity index is 2.76. The molecule has 1 aromatic heterocycles. The van der Waals surface area contributed by atoms with Gasteiger partial charge in [-0.1, -0.05) is 0 Å². The molecule has 1 aromatic rings. The number of alkyl halides is 2. The number of hydrogen-bond donors (Lipinski definition) is 1. The number of nitrogens with zero attached hydrogens (tertiary/aromatic N) is 3. The standard InChI is InChI=1S/C7H10F2N4/c1-13(3-6(8)9)7-5(10)2-11-4-12-7/h2,4,6H,3,10H2,1H3. The van der Waals surface area contributed by atoms with Crippen molar-refractivity contribution < 1.29 is 8.78 Å². The van der Waals surface area contributed by atoms with Crippen molar-refractivity contribution in [3.05, 3.63) is 12.5 Å². The summed E-state index contributed by atoms with van der Waals surface area (Å²) in [4.78, 5) is 8.74. The lowest BCUT2D eigenvalue weighted by Gasteiger charge is -2.18. The maximum Gasteiger partial charge on any atom is 0.255 e. The van der Waals surface area contributed by atoms with Crippen LogP contribution in [-0.2, 0) is 0 Å². The smallest absolute Gasteiger partial charge is 0.255 e. The number of aromatic nitrogens is 2. The molecule has 0 bridgehead atoms. The molecule has 0 unspecified atom stereocenters. The van der Waals surface area contributed by atoms with Crippen molar-refractivity contribution in [3.8, 4) is 0 Å². The molecule has 0 saturated carbocycles. The number of halogens is 2. The van der Waals surface area contributed by atoms with E-state index in [1.165, 1.54) is 24.5 Å². The van der Waals surface area contributed by atoms with E-state index >= 15 is 0 Å². The van der Waals surface area contributed by atoms with Crippen LogP contribution >= 0.6 is 0 Å². The van der Waals surface area contributed by atoms with Crippen molar-refractivity contribution in [1.29, 1.82) is 0 Å². The van der Waals surface area contributed by atoms with E-state index in [0.29, 0.717) is 11.5 Å². The highest BCUT2D eigenvalue weighted by atomic mass is 19.3. The Hall–Kier alpha value is -1.46. The number of hydrogen-bond acceptors (Lipinski definition) is 4. The molecule has 0 radical (unpaired) electrons. The molecule has 6 heteroatoms. The van der Waals surface area contributed by atoms with Crippen LogP contribution in [0.5, 0.6) is 0 Å². The predicted molar refractivity (Wildman–Crippen MR) is 45.7 cm³/mol. The van der Waals surface area contributed by atoms with Gasteiger partial charge < -0.3 is 10.6 Å². The van der Waals surface area contributed by atoms with E-state index in [-0.39, 0.29) is 6.54 Å². The van der Waals surface area contributed by atoms with Gasteiger partial charge in [0.05, 0.1) is 18.4 Å². The van der Waals surface area contributed by atoms with Crippen LogP contribution in [0.3, 0.4) is 0 Å². The SMILES string of the molecule is CN(CC(F)F)c1ncncc1N. The quantitative estimate of drug-likeness (QED) is 0.760. The molecule has 4 nitrogen and oxygen atoms in total. The molecule has 13 heavy (non-hydrogen) atoms. The third kappa shape index (κ3) is 2.50. The molecular formula is C7H10F2N4. The first-order valence-corrected chi connectivity index (χ1v) is 3.66. The van der Waals surface area contributed by atoms with Gasteiger partial charge in [0.2, 0.25) is 0 Å². The lowest BCUT2D eigenvalue weighted by Crippen LogP contribution is -2.25. The van der Waals surface area contributed by atoms with Crippen LogP contribution in [0.4, 0.5) is 20.3 Å². The minimum absolute atomic E-state index is 0.297.